The molecule has 0 saturated carbocycles. The summed E-state index contributed by atoms with van der Waals surface area (Å²) in [5, 5.41) is 2.85. The van der Waals surface area contributed by atoms with Crippen LogP contribution in [0, 0.1) is 5.82 Å². The molecule has 23 heavy (non-hydrogen) atoms. The lowest BCUT2D eigenvalue weighted by Gasteiger charge is -2.35. The Kier molecular flexibility index (Phi) is 5.96. The molecule has 1 fully saturated rings. The second-order valence-electron chi connectivity index (χ2n) is 6.33. The van der Waals surface area contributed by atoms with Crippen molar-refractivity contribution in [1.82, 2.24) is 10.2 Å². The van der Waals surface area contributed by atoms with Crippen LogP contribution in [0.3, 0.4) is 0 Å². The number of rotatable bonds is 5. The van der Waals surface area contributed by atoms with Crippen LogP contribution in [0.4, 0.5) is 10.1 Å². The van der Waals surface area contributed by atoms with E-state index in [4.69, 9.17) is 4.74 Å². The van der Waals surface area contributed by atoms with Gasteiger partial charge in [-0.3, -0.25) is 9.69 Å². The fourth-order valence-corrected chi connectivity index (χ4v) is 2.91. The maximum Gasteiger partial charge on any atom is 0.251 e. The molecule has 5 nitrogen and oxygen atoms in total. The second kappa shape index (κ2) is 7.75. The van der Waals surface area contributed by atoms with E-state index in [-0.39, 0.29) is 18.1 Å². The van der Waals surface area contributed by atoms with Crippen LogP contribution in [0.15, 0.2) is 18.2 Å². The van der Waals surface area contributed by atoms with E-state index >= 15 is 0 Å². The van der Waals surface area contributed by atoms with Gasteiger partial charge in [0.1, 0.15) is 5.82 Å². The molecule has 128 valence electrons. The van der Waals surface area contributed by atoms with Crippen molar-refractivity contribution in [3.8, 4) is 0 Å². The van der Waals surface area contributed by atoms with E-state index in [1.54, 1.807) is 31.1 Å². The van der Waals surface area contributed by atoms with E-state index in [9.17, 15) is 9.18 Å². The van der Waals surface area contributed by atoms with Gasteiger partial charge in [0.2, 0.25) is 0 Å². The summed E-state index contributed by atoms with van der Waals surface area (Å²) in [5.74, 6) is -0.637. The average molecular weight is 323 g/mol. The lowest BCUT2D eigenvalue weighted by molar-refractivity contribution is -0.0672. The van der Waals surface area contributed by atoms with Crippen LogP contribution >= 0.6 is 0 Å². The van der Waals surface area contributed by atoms with Crippen LogP contribution in [-0.2, 0) is 4.74 Å². The van der Waals surface area contributed by atoms with Gasteiger partial charge in [-0.2, -0.15) is 0 Å². The number of nitrogens with one attached hydrogen (secondary N) is 1. The van der Waals surface area contributed by atoms with Crippen molar-refractivity contribution in [3.05, 3.63) is 29.6 Å². The molecule has 1 N–H and O–H groups in total. The average Bonchev–Trinajstić information content (AvgIpc) is 2.45. The third kappa shape index (κ3) is 4.91. The molecule has 1 aliphatic heterocycles. The van der Waals surface area contributed by atoms with Crippen molar-refractivity contribution in [3.63, 3.8) is 0 Å². The first-order chi connectivity index (χ1) is 10.9. The second-order valence-corrected chi connectivity index (χ2v) is 6.33. The number of carbonyl (C=O) groups excluding carboxylic acids is 1. The fraction of sp³-hybridized carbons (Fsp3) is 0.588. The molecule has 1 heterocycles. The van der Waals surface area contributed by atoms with Crippen molar-refractivity contribution in [2.45, 2.75) is 26.1 Å². The molecule has 0 aromatic heterocycles. The van der Waals surface area contributed by atoms with E-state index in [0.29, 0.717) is 17.8 Å². The maximum atomic E-state index is 13.9. The Morgan fingerprint density at radius 3 is 2.57 bits per heavy atom. The lowest BCUT2D eigenvalue weighted by atomic mass is 10.1. The number of nitrogens with zero attached hydrogens (tertiary/aromatic N) is 2. The van der Waals surface area contributed by atoms with Crippen LogP contribution in [0.1, 0.15) is 24.2 Å². The molecule has 6 heteroatoms. The lowest BCUT2D eigenvalue weighted by Crippen LogP contribution is -2.47. The van der Waals surface area contributed by atoms with Gasteiger partial charge in [0.25, 0.3) is 5.91 Å². The van der Waals surface area contributed by atoms with Crippen LogP contribution in [0.2, 0.25) is 0 Å². The molecule has 2 rings (SSSR count). The zero-order valence-electron chi connectivity index (χ0n) is 14.3. The molecule has 1 saturated heterocycles. The number of ether oxygens (including phenoxy) is 1. The minimum Gasteiger partial charge on any atom is -0.375 e. The molecule has 1 amide bonds. The van der Waals surface area contributed by atoms with Gasteiger partial charge in [0.05, 0.1) is 17.9 Å². The summed E-state index contributed by atoms with van der Waals surface area (Å²) < 4.78 is 19.6. The Hall–Kier alpha value is -1.66. The number of anilines is 1. The molecule has 0 bridgehead atoms. The maximum absolute atomic E-state index is 13.9. The summed E-state index contributed by atoms with van der Waals surface area (Å²) in [6.45, 7) is 7.14. The zero-order valence-corrected chi connectivity index (χ0v) is 14.3. The summed E-state index contributed by atoms with van der Waals surface area (Å²) >= 11 is 0. The highest BCUT2D eigenvalue weighted by molar-refractivity contribution is 5.94. The fourth-order valence-electron chi connectivity index (χ4n) is 2.91. The first kappa shape index (κ1) is 17.7. The predicted molar refractivity (Wildman–Crippen MR) is 89.5 cm³/mol. The summed E-state index contributed by atoms with van der Waals surface area (Å²) in [6, 6.07) is 4.55. The molecule has 2 atom stereocenters. The normalized spacial score (nSPS) is 22.0. The smallest absolute Gasteiger partial charge is 0.251 e. The number of amides is 1. The standard InChI is InChI=1S/C17H26FN3O2/c1-12-10-21(11-13(2)23-12)8-7-19-17(22)14-5-6-16(20(3)4)15(18)9-14/h5-6,9,12-13H,7-8,10-11H2,1-4H3,(H,19,22)/t12-,13-/m1/s1. The van der Waals surface area contributed by atoms with E-state index in [2.05, 4.69) is 24.1 Å². The quantitative estimate of drug-likeness (QED) is 0.896. The number of halogens is 1. The van der Waals surface area contributed by atoms with Crippen molar-refractivity contribution < 1.29 is 13.9 Å². The Bertz CT molecular complexity index is 541. The number of hydrogen-bond donors (Lipinski definition) is 1. The largest absolute Gasteiger partial charge is 0.375 e. The summed E-state index contributed by atoms with van der Waals surface area (Å²) in [7, 11) is 3.53. The van der Waals surface area contributed by atoms with E-state index in [0.717, 1.165) is 19.6 Å². The summed E-state index contributed by atoms with van der Waals surface area (Å²) in [6.07, 6.45) is 0.421. The van der Waals surface area contributed by atoms with Crippen molar-refractivity contribution in [1.29, 1.82) is 0 Å². The van der Waals surface area contributed by atoms with Gasteiger partial charge in [-0.05, 0) is 32.0 Å². The Balaban J connectivity index is 1.84. The third-order valence-corrected chi connectivity index (χ3v) is 3.90. The van der Waals surface area contributed by atoms with Gasteiger partial charge in [0.15, 0.2) is 0 Å². The first-order valence-electron chi connectivity index (χ1n) is 7.99. The number of benzene rings is 1. The highest BCUT2D eigenvalue weighted by atomic mass is 19.1. The molecular formula is C17H26FN3O2. The van der Waals surface area contributed by atoms with Gasteiger partial charge in [0, 0.05) is 45.8 Å². The van der Waals surface area contributed by atoms with Gasteiger partial charge in [-0.25, -0.2) is 4.39 Å². The summed E-state index contributed by atoms with van der Waals surface area (Å²) in [4.78, 5) is 16.1. The van der Waals surface area contributed by atoms with Crippen LogP contribution < -0.4 is 10.2 Å². The van der Waals surface area contributed by atoms with Crippen molar-refractivity contribution in [2.24, 2.45) is 0 Å². The molecule has 1 aliphatic rings. The van der Waals surface area contributed by atoms with Crippen molar-refractivity contribution >= 4 is 11.6 Å². The number of carbonyl (C=O) groups is 1. The highest BCUT2D eigenvalue weighted by Crippen LogP contribution is 2.18. The van der Waals surface area contributed by atoms with Crippen LogP contribution in [-0.4, -0.2) is 63.3 Å². The molecular weight excluding hydrogens is 297 g/mol. The number of morpholine rings is 1. The monoisotopic (exact) mass is 323 g/mol. The van der Waals surface area contributed by atoms with E-state index in [1.165, 1.54) is 6.07 Å². The van der Waals surface area contributed by atoms with Gasteiger partial charge in [-0.1, -0.05) is 0 Å². The van der Waals surface area contributed by atoms with Gasteiger partial charge >= 0.3 is 0 Å². The Morgan fingerprint density at radius 1 is 1.35 bits per heavy atom. The predicted octanol–water partition coefficient (Wildman–Crippen LogP) is 1.73. The minimum atomic E-state index is -0.390. The molecule has 0 aliphatic carbocycles. The van der Waals surface area contributed by atoms with Crippen LogP contribution in [0.25, 0.3) is 0 Å². The van der Waals surface area contributed by atoms with Crippen LogP contribution in [0.5, 0.6) is 0 Å². The Morgan fingerprint density at radius 2 is 2.00 bits per heavy atom. The molecule has 0 unspecified atom stereocenters. The van der Waals surface area contributed by atoms with Crippen molar-refractivity contribution in [2.75, 3.05) is 45.2 Å². The van der Waals surface area contributed by atoms with E-state index < -0.39 is 5.82 Å². The summed E-state index contributed by atoms with van der Waals surface area (Å²) in [5.41, 5.74) is 0.814. The highest BCUT2D eigenvalue weighted by Gasteiger charge is 2.21. The first-order valence-corrected chi connectivity index (χ1v) is 7.99. The number of hydrogen-bond acceptors (Lipinski definition) is 4. The molecule has 1 aromatic rings. The molecule has 0 spiro atoms. The topological polar surface area (TPSA) is 44.8 Å². The SMILES string of the molecule is C[C@@H]1CN(CCNC(=O)c2ccc(N(C)C)c(F)c2)C[C@@H](C)O1. The molecule has 0 radical (unpaired) electrons. The van der Waals surface area contributed by atoms with E-state index in [1.807, 2.05) is 0 Å². The molecule has 1 aromatic carbocycles. The zero-order chi connectivity index (χ0) is 17.0. The Labute approximate surface area is 137 Å². The third-order valence-electron chi connectivity index (χ3n) is 3.90. The van der Waals surface area contributed by atoms with Gasteiger partial charge in [-0.15, -0.1) is 0 Å². The minimum absolute atomic E-state index is 0.210. The van der Waals surface area contributed by atoms with Gasteiger partial charge < -0.3 is 15.0 Å².